The van der Waals surface area contributed by atoms with E-state index in [2.05, 4.69) is 27.2 Å². The number of hydrogen-bond donors (Lipinski definition) is 1. The van der Waals surface area contributed by atoms with Crippen LogP contribution in [0.15, 0.2) is 28.8 Å². The monoisotopic (exact) mass is 324 g/mol. The first-order valence-corrected chi connectivity index (χ1v) is 5.86. The van der Waals surface area contributed by atoms with Crippen LogP contribution in [0.25, 0.3) is 11.8 Å². The van der Waals surface area contributed by atoms with E-state index < -0.39 is 17.5 Å². The highest BCUT2D eigenvalue weighted by Gasteiger charge is 2.19. The zero-order chi connectivity index (χ0) is 14.6. The summed E-state index contributed by atoms with van der Waals surface area (Å²) < 4.78 is 18.0. The molecule has 0 bridgehead atoms. The third-order valence-corrected chi connectivity index (χ3v) is 3.17. The highest BCUT2D eigenvalue weighted by molar-refractivity contribution is 9.10. The second-order valence-electron chi connectivity index (χ2n) is 3.39. The fourth-order valence-corrected chi connectivity index (χ4v) is 1.94. The summed E-state index contributed by atoms with van der Waals surface area (Å²) in [5.74, 6) is 0.208. The standard InChI is InChI=1S/C14H10BrFO3/c1-4-8-10(6-7-11(16)12(8)15)13(17)9(5-2)14(18)19-3/h2,4,6-7,17H,1H2,3H3/b13-9-. The predicted molar refractivity (Wildman–Crippen MR) is 74.6 cm³/mol. The summed E-state index contributed by atoms with van der Waals surface area (Å²) in [6.45, 7) is 3.53. The first kappa shape index (κ1) is 15.0. The molecule has 1 aromatic carbocycles. The van der Waals surface area contributed by atoms with Crippen molar-refractivity contribution in [1.82, 2.24) is 0 Å². The van der Waals surface area contributed by atoms with Gasteiger partial charge in [-0.25, -0.2) is 9.18 Å². The van der Waals surface area contributed by atoms with Gasteiger partial charge in [0.1, 0.15) is 11.6 Å². The van der Waals surface area contributed by atoms with Gasteiger partial charge in [-0.2, -0.15) is 0 Å². The molecule has 0 radical (unpaired) electrons. The van der Waals surface area contributed by atoms with Crippen molar-refractivity contribution >= 4 is 33.7 Å². The van der Waals surface area contributed by atoms with Gasteiger partial charge in [-0.05, 0) is 28.1 Å². The first-order chi connectivity index (χ1) is 8.97. The number of carbonyl (C=O) groups excluding carboxylic acids is 1. The maximum Gasteiger partial charge on any atom is 0.350 e. The van der Waals surface area contributed by atoms with Crippen LogP contribution in [-0.2, 0) is 9.53 Å². The summed E-state index contributed by atoms with van der Waals surface area (Å²) >= 11 is 3.04. The lowest BCUT2D eigenvalue weighted by molar-refractivity contribution is -0.135. The second-order valence-corrected chi connectivity index (χ2v) is 4.18. The van der Waals surface area contributed by atoms with Gasteiger partial charge in [-0.3, -0.25) is 0 Å². The average Bonchev–Trinajstić information content (AvgIpc) is 2.41. The van der Waals surface area contributed by atoms with Gasteiger partial charge in [0, 0.05) is 11.1 Å². The molecule has 0 fully saturated rings. The normalized spacial score (nSPS) is 11.3. The summed E-state index contributed by atoms with van der Waals surface area (Å²) in [5, 5.41) is 10.1. The zero-order valence-electron chi connectivity index (χ0n) is 10.0. The van der Waals surface area contributed by atoms with Crippen LogP contribution in [0.2, 0.25) is 0 Å². The van der Waals surface area contributed by atoms with Crippen molar-refractivity contribution in [3.63, 3.8) is 0 Å². The number of methoxy groups -OCH3 is 1. The minimum Gasteiger partial charge on any atom is -0.506 e. The van der Waals surface area contributed by atoms with Gasteiger partial charge in [-0.1, -0.05) is 18.6 Å². The van der Waals surface area contributed by atoms with Crippen molar-refractivity contribution in [2.45, 2.75) is 0 Å². The van der Waals surface area contributed by atoms with Crippen LogP contribution < -0.4 is 0 Å². The van der Waals surface area contributed by atoms with Crippen LogP contribution in [-0.4, -0.2) is 18.2 Å². The lowest BCUT2D eigenvalue weighted by atomic mass is 10.0. The molecule has 0 aliphatic heterocycles. The molecule has 0 aromatic heterocycles. The number of carbonyl (C=O) groups is 1. The quantitative estimate of drug-likeness (QED) is 0.401. The van der Waals surface area contributed by atoms with Gasteiger partial charge in [0.25, 0.3) is 0 Å². The summed E-state index contributed by atoms with van der Waals surface area (Å²) in [5.41, 5.74) is 0.125. The number of terminal acetylenes is 1. The smallest absolute Gasteiger partial charge is 0.350 e. The number of rotatable bonds is 3. The lowest BCUT2D eigenvalue weighted by Gasteiger charge is -2.10. The topological polar surface area (TPSA) is 46.5 Å². The Balaban J connectivity index is 3.59. The summed E-state index contributed by atoms with van der Waals surface area (Å²) in [6, 6.07) is 2.43. The number of halogens is 2. The highest BCUT2D eigenvalue weighted by atomic mass is 79.9. The van der Waals surface area contributed by atoms with Crippen LogP contribution in [0.4, 0.5) is 4.39 Å². The van der Waals surface area contributed by atoms with E-state index in [0.29, 0.717) is 0 Å². The lowest BCUT2D eigenvalue weighted by Crippen LogP contribution is -2.07. The fourth-order valence-electron chi connectivity index (χ4n) is 1.43. The van der Waals surface area contributed by atoms with Crippen molar-refractivity contribution in [3.05, 3.63) is 45.7 Å². The van der Waals surface area contributed by atoms with Gasteiger partial charge in [-0.15, -0.1) is 6.42 Å². The van der Waals surface area contributed by atoms with Crippen molar-refractivity contribution < 1.29 is 19.0 Å². The molecule has 0 saturated heterocycles. The van der Waals surface area contributed by atoms with Crippen molar-refractivity contribution in [3.8, 4) is 12.3 Å². The maximum absolute atomic E-state index is 13.4. The van der Waals surface area contributed by atoms with E-state index in [1.165, 1.54) is 12.1 Å². The number of benzene rings is 1. The third kappa shape index (κ3) is 2.85. The Bertz CT molecular complexity index is 612. The molecule has 0 heterocycles. The van der Waals surface area contributed by atoms with Crippen molar-refractivity contribution in [2.24, 2.45) is 0 Å². The highest BCUT2D eigenvalue weighted by Crippen LogP contribution is 2.30. The summed E-state index contributed by atoms with van der Waals surface area (Å²) in [6.07, 6.45) is 6.50. The van der Waals surface area contributed by atoms with Gasteiger partial charge in [0.2, 0.25) is 0 Å². The molecule has 1 aromatic rings. The number of esters is 1. The number of aliphatic hydroxyl groups is 1. The minimum absolute atomic E-state index is 0.118. The number of aliphatic hydroxyl groups excluding tert-OH is 1. The van der Waals surface area contributed by atoms with Gasteiger partial charge >= 0.3 is 5.97 Å². The van der Waals surface area contributed by atoms with Crippen molar-refractivity contribution in [1.29, 1.82) is 0 Å². The van der Waals surface area contributed by atoms with E-state index in [-0.39, 0.29) is 21.2 Å². The van der Waals surface area contributed by atoms with E-state index in [1.54, 1.807) is 0 Å². The molecule has 0 saturated carbocycles. The number of ether oxygens (including phenoxy) is 1. The third-order valence-electron chi connectivity index (χ3n) is 2.36. The fraction of sp³-hybridized carbons (Fsp3) is 0.0714. The molecular weight excluding hydrogens is 315 g/mol. The largest absolute Gasteiger partial charge is 0.506 e. The molecule has 1 N–H and O–H groups in total. The van der Waals surface area contributed by atoms with Crippen molar-refractivity contribution in [2.75, 3.05) is 7.11 Å². The van der Waals surface area contributed by atoms with Crippen LogP contribution in [0.5, 0.6) is 0 Å². The molecule has 0 spiro atoms. The minimum atomic E-state index is -0.851. The van der Waals surface area contributed by atoms with E-state index >= 15 is 0 Å². The van der Waals surface area contributed by atoms with E-state index in [9.17, 15) is 14.3 Å². The van der Waals surface area contributed by atoms with Gasteiger partial charge in [0.05, 0.1) is 11.6 Å². The molecule has 1 rings (SSSR count). The Morgan fingerprint density at radius 3 is 2.74 bits per heavy atom. The van der Waals surface area contributed by atoms with E-state index in [4.69, 9.17) is 6.42 Å². The SMILES string of the molecule is C#C/C(C(=O)OC)=C(/O)c1ccc(F)c(Br)c1C=C. The average molecular weight is 325 g/mol. The maximum atomic E-state index is 13.4. The molecule has 5 heteroatoms. The Hall–Kier alpha value is -2.06. The van der Waals surface area contributed by atoms with E-state index in [0.717, 1.165) is 13.2 Å². The Morgan fingerprint density at radius 1 is 1.63 bits per heavy atom. The van der Waals surface area contributed by atoms with E-state index in [1.807, 2.05) is 5.92 Å². The molecule has 0 aliphatic carbocycles. The molecule has 0 unspecified atom stereocenters. The molecule has 3 nitrogen and oxygen atoms in total. The molecule has 0 aliphatic rings. The summed E-state index contributed by atoms with van der Waals surface area (Å²) in [7, 11) is 1.14. The van der Waals surface area contributed by atoms with Crippen LogP contribution in [0.1, 0.15) is 11.1 Å². The molecule has 0 amide bonds. The zero-order valence-corrected chi connectivity index (χ0v) is 11.6. The van der Waals surface area contributed by atoms with Gasteiger partial charge in [0.15, 0.2) is 5.57 Å². The molecule has 98 valence electrons. The second kappa shape index (κ2) is 6.21. The number of hydrogen-bond acceptors (Lipinski definition) is 3. The van der Waals surface area contributed by atoms with Gasteiger partial charge < -0.3 is 9.84 Å². The van der Waals surface area contributed by atoms with Crippen LogP contribution in [0, 0.1) is 18.2 Å². The van der Waals surface area contributed by atoms with Crippen LogP contribution >= 0.6 is 15.9 Å². The Kier molecular flexibility index (Phi) is 4.90. The summed E-state index contributed by atoms with van der Waals surface area (Å²) in [4.78, 5) is 11.4. The molecular formula is C14H10BrFO3. The Morgan fingerprint density at radius 2 is 2.26 bits per heavy atom. The molecule has 0 atom stereocenters. The molecule has 19 heavy (non-hydrogen) atoms. The van der Waals surface area contributed by atoms with Crippen LogP contribution in [0.3, 0.4) is 0 Å². The first-order valence-electron chi connectivity index (χ1n) is 5.06. The Labute approximate surface area is 118 Å². The predicted octanol–water partition coefficient (Wildman–Crippen LogP) is 3.31.